The second-order valence-electron chi connectivity index (χ2n) is 4.42. The van der Waals surface area contributed by atoms with Gasteiger partial charge in [-0.2, -0.15) is 0 Å². The van der Waals surface area contributed by atoms with E-state index in [2.05, 4.69) is 15.0 Å². The molecule has 0 saturated heterocycles. The fourth-order valence-electron chi connectivity index (χ4n) is 1.87. The Morgan fingerprint density at radius 3 is 2.65 bits per heavy atom. The predicted octanol–water partition coefficient (Wildman–Crippen LogP) is 3.30. The third-order valence-corrected chi connectivity index (χ3v) is 3.77. The Bertz CT molecular complexity index is 617. The molecule has 0 radical (unpaired) electrons. The van der Waals surface area contributed by atoms with Crippen LogP contribution in [-0.2, 0) is 11.3 Å². The monoisotopic (exact) mass is 294 g/mol. The first-order valence-corrected chi connectivity index (χ1v) is 6.86. The highest BCUT2D eigenvalue weighted by Crippen LogP contribution is 2.20. The highest BCUT2D eigenvalue weighted by atomic mass is 32.1. The number of aryl methyl sites for hydroxylation is 2. The molecular formula is C14H15FN2O2S. The molecule has 20 heavy (non-hydrogen) atoms. The molecule has 1 heterocycles. The van der Waals surface area contributed by atoms with Gasteiger partial charge in [-0.15, -0.1) is 0 Å². The maximum Gasteiger partial charge on any atom is 0.349 e. The minimum Gasteiger partial charge on any atom is -0.465 e. The second kappa shape index (κ2) is 6.00. The van der Waals surface area contributed by atoms with Crippen molar-refractivity contribution in [3.8, 4) is 0 Å². The molecule has 0 aliphatic rings. The van der Waals surface area contributed by atoms with E-state index >= 15 is 0 Å². The summed E-state index contributed by atoms with van der Waals surface area (Å²) >= 11 is 1.23. The molecule has 0 bridgehead atoms. The molecule has 4 nitrogen and oxygen atoms in total. The van der Waals surface area contributed by atoms with Crippen LogP contribution >= 0.6 is 11.3 Å². The summed E-state index contributed by atoms with van der Waals surface area (Å²) in [6.45, 7) is 4.01. The number of hydrogen-bond donors (Lipinski definition) is 1. The third-order valence-electron chi connectivity index (χ3n) is 2.83. The number of aromatic nitrogens is 1. The third kappa shape index (κ3) is 3.14. The molecule has 2 rings (SSSR count). The van der Waals surface area contributed by atoms with Crippen LogP contribution in [0.5, 0.6) is 0 Å². The first-order chi connectivity index (χ1) is 9.51. The summed E-state index contributed by atoms with van der Waals surface area (Å²) in [7, 11) is 1.33. The van der Waals surface area contributed by atoms with Crippen molar-refractivity contribution in [2.24, 2.45) is 0 Å². The van der Waals surface area contributed by atoms with Crippen LogP contribution in [0.4, 0.5) is 9.52 Å². The van der Waals surface area contributed by atoms with E-state index in [1.54, 1.807) is 26.0 Å². The Morgan fingerprint density at radius 1 is 1.40 bits per heavy atom. The fourth-order valence-corrected chi connectivity index (χ4v) is 2.60. The van der Waals surface area contributed by atoms with Crippen molar-refractivity contribution in [2.45, 2.75) is 20.4 Å². The highest BCUT2D eigenvalue weighted by Gasteiger charge is 2.10. The molecule has 6 heteroatoms. The van der Waals surface area contributed by atoms with Crippen molar-refractivity contribution >= 4 is 22.4 Å². The van der Waals surface area contributed by atoms with Gasteiger partial charge in [0.15, 0.2) is 5.13 Å². The van der Waals surface area contributed by atoms with E-state index in [1.165, 1.54) is 24.6 Å². The summed E-state index contributed by atoms with van der Waals surface area (Å²) in [5, 5.41) is 3.74. The Hall–Kier alpha value is -1.95. The average molecular weight is 294 g/mol. The number of esters is 1. The van der Waals surface area contributed by atoms with Gasteiger partial charge in [-0.05, 0) is 30.5 Å². The van der Waals surface area contributed by atoms with E-state index in [4.69, 9.17) is 0 Å². The number of methoxy groups -OCH3 is 1. The van der Waals surface area contributed by atoms with Gasteiger partial charge in [0, 0.05) is 6.54 Å². The Balaban J connectivity index is 2.05. The van der Waals surface area contributed by atoms with Gasteiger partial charge in [0.05, 0.1) is 13.3 Å². The minimum absolute atomic E-state index is 0.170. The molecule has 1 aromatic carbocycles. The smallest absolute Gasteiger partial charge is 0.349 e. The topological polar surface area (TPSA) is 51.2 Å². The number of rotatable bonds is 4. The average Bonchev–Trinajstić information content (AvgIpc) is 2.90. The van der Waals surface area contributed by atoms with Gasteiger partial charge < -0.3 is 10.1 Å². The van der Waals surface area contributed by atoms with E-state index in [-0.39, 0.29) is 5.82 Å². The van der Waals surface area contributed by atoms with Gasteiger partial charge in [0.25, 0.3) is 0 Å². The largest absolute Gasteiger partial charge is 0.465 e. The molecule has 0 spiro atoms. The van der Waals surface area contributed by atoms with Crippen LogP contribution in [0, 0.1) is 19.7 Å². The van der Waals surface area contributed by atoms with Crippen molar-refractivity contribution in [2.75, 3.05) is 12.4 Å². The molecule has 0 aliphatic heterocycles. The maximum absolute atomic E-state index is 13.5. The molecule has 1 N–H and O–H groups in total. The summed E-state index contributed by atoms with van der Waals surface area (Å²) in [5.41, 5.74) is 2.21. The lowest BCUT2D eigenvalue weighted by molar-refractivity contribution is 0.0606. The van der Waals surface area contributed by atoms with Gasteiger partial charge in [-0.25, -0.2) is 14.2 Å². The van der Waals surface area contributed by atoms with Gasteiger partial charge in [-0.1, -0.05) is 23.5 Å². The molecule has 106 valence electrons. The number of nitrogens with one attached hydrogen (secondary N) is 1. The maximum atomic E-state index is 13.5. The van der Waals surface area contributed by atoms with Crippen molar-refractivity contribution in [1.82, 2.24) is 4.98 Å². The highest BCUT2D eigenvalue weighted by molar-refractivity contribution is 7.17. The minimum atomic E-state index is -0.399. The van der Waals surface area contributed by atoms with Crippen LogP contribution in [-0.4, -0.2) is 18.1 Å². The molecule has 0 saturated carbocycles. The number of ether oxygens (including phenoxy) is 1. The van der Waals surface area contributed by atoms with Crippen molar-refractivity contribution < 1.29 is 13.9 Å². The summed E-state index contributed by atoms with van der Waals surface area (Å²) in [4.78, 5) is 15.8. The van der Waals surface area contributed by atoms with Crippen LogP contribution in [0.2, 0.25) is 0 Å². The lowest BCUT2D eigenvalue weighted by Gasteiger charge is -2.07. The molecule has 0 atom stereocenters. The number of halogens is 1. The predicted molar refractivity (Wildman–Crippen MR) is 76.7 cm³/mol. The Labute approximate surface area is 120 Å². The van der Waals surface area contributed by atoms with Crippen LogP contribution in [0.3, 0.4) is 0 Å². The molecule has 0 unspecified atom stereocenters. The van der Waals surface area contributed by atoms with Gasteiger partial charge in [-0.3, -0.25) is 0 Å². The molecule has 0 fully saturated rings. The van der Waals surface area contributed by atoms with Gasteiger partial charge >= 0.3 is 5.97 Å². The van der Waals surface area contributed by atoms with Crippen LogP contribution < -0.4 is 5.32 Å². The molecule has 0 amide bonds. The molecule has 2 aromatic rings. The van der Waals surface area contributed by atoms with Crippen LogP contribution in [0.25, 0.3) is 0 Å². The van der Waals surface area contributed by atoms with Crippen molar-refractivity contribution in [3.05, 3.63) is 45.7 Å². The SMILES string of the molecule is COC(=O)c1cnc(NCc2cc(C)c(F)c(C)c2)s1. The quantitative estimate of drug-likeness (QED) is 0.879. The van der Waals surface area contributed by atoms with E-state index < -0.39 is 5.97 Å². The second-order valence-corrected chi connectivity index (χ2v) is 5.45. The van der Waals surface area contributed by atoms with Crippen molar-refractivity contribution in [3.63, 3.8) is 0 Å². The van der Waals surface area contributed by atoms with Crippen LogP contribution in [0.1, 0.15) is 26.4 Å². The summed E-state index contributed by atoms with van der Waals surface area (Å²) < 4.78 is 18.1. The molecule has 0 aliphatic carbocycles. The number of carbonyl (C=O) groups is 1. The fraction of sp³-hybridized carbons (Fsp3) is 0.286. The zero-order chi connectivity index (χ0) is 14.7. The first kappa shape index (κ1) is 14.5. The van der Waals surface area contributed by atoms with E-state index in [1.807, 2.05) is 0 Å². The number of hydrogen-bond acceptors (Lipinski definition) is 5. The zero-order valence-electron chi connectivity index (χ0n) is 11.5. The lowest BCUT2D eigenvalue weighted by atomic mass is 10.1. The van der Waals surface area contributed by atoms with E-state index in [0.29, 0.717) is 27.7 Å². The normalized spacial score (nSPS) is 10.4. The van der Waals surface area contributed by atoms with Crippen LogP contribution in [0.15, 0.2) is 18.3 Å². The number of anilines is 1. The molecular weight excluding hydrogens is 279 g/mol. The lowest BCUT2D eigenvalue weighted by Crippen LogP contribution is -2.01. The Kier molecular flexibility index (Phi) is 4.34. The van der Waals surface area contributed by atoms with Gasteiger partial charge in [0.2, 0.25) is 0 Å². The summed E-state index contributed by atoms with van der Waals surface area (Å²) in [6, 6.07) is 3.59. The first-order valence-electron chi connectivity index (χ1n) is 6.05. The standard InChI is InChI=1S/C14H15FN2O2S/c1-8-4-10(5-9(2)12(8)15)6-16-14-17-7-11(20-14)13(18)19-3/h4-5,7H,6H2,1-3H3,(H,16,17). The number of benzene rings is 1. The number of nitrogens with zero attached hydrogens (tertiary/aromatic N) is 1. The zero-order valence-corrected chi connectivity index (χ0v) is 12.3. The Morgan fingerprint density at radius 2 is 2.05 bits per heavy atom. The summed E-state index contributed by atoms with van der Waals surface area (Å²) in [5.74, 6) is -0.569. The summed E-state index contributed by atoms with van der Waals surface area (Å²) in [6.07, 6.45) is 1.47. The molecule has 1 aromatic heterocycles. The van der Waals surface area contributed by atoms with E-state index in [9.17, 15) is 9.18 Å². The van der Waals surface area contributed by atoms with Gasteiger partial charge in [0.1, 0.15) is 10.7 Å². The van der Waals surface area contributed by atoms with E-state index in [0.717, 1.165) is 5.56 Å². The van der Waals surface area contributed by atoms with Crippen molar-refractivity contribution in [1.29, 1.82) is 0 Å². The number of thiazole rings is 1. The number of carbonyl (C=O) groups excluding carboxylic acids is 1.